The Hall–Kier alpha value is -0.570. The molecule has 0 fully saturated rings. The van der Waals surface area contributed by atoms with Gasteiger partial charge in [-0.15, -0.1) is 11.6 Å². The van der Waals surface area contributed by atoms with Crippen LogP contribution in [-0.4, -0.2) is 51.3 Å². The lowest BCUT2D eigenvalue weighted by molar-refractivity contribution is 0.484. The molecule has 20 heavy (non-hydrogen) atoms. The molecule has 6 nitrogen and oxygen atoms in total. The van der Waals surface area contributed by atoms with Gasteiger partial charge in [0.2, 0.25) is 10.0 Å². The van der Waals surface area contributed by atoms with Crippen molar-refractivity contribution in [1.29, 1.82) is 0 Å². The molecule has 0 aromatic carbocycles. The van der Waals surface area contributed by atoms with E-state index in [0.29, 0.717) is 12.2 Å². The summed E-state index contributed by atoms with van der Waals surface area (Å²) in [6, 6.07) is 1.52. The molecule has 0 aliphatic heterocycles. The predicted molar refractivity (Wildman–Crippen MR) is 79.2 cm³/mol. The third-order valence-corrected chi connectivity index (χ3v) is 5.94. The molecule has 0 N–H and O–H groups in total. The fourth-order valence-corrected chi connectivity index (χ4v) is 3.85. The van der Waals surface area contributed by atoms with E-state index in [9.17, 15) is 16.8 Å². The highest BCUT2D eigenvalue weighted by atomic mass is 35.5. The van der Waals surface area contributed by atoms with Gasteiger partial charge in [-0.25, -0.2) is 16.8 Å². The first-order valence-electron chi connectivity index (χ1n) is 6.01. The van der Waals surface area contributed by atoms with E-state index >= 15 is 0 Å². The standard InChI is InChI=1S/C11H19ClN2O4S2/c1-4-14-9-11(7-10(14)8-12)20(17,18)13(2)5-6-19(3,15)16/h7,9H,4-6,8H2,1-3H3. The maximum absolute atomic E-state index is 12.3. The third kappa shape index (κ3) is 4.21. The lowest BCUT2D eigenvalue weighted by Crippen LogP contribution is -2.31. The van der Waals surface area contributed by atoms with Crippen LogP contribution in [-0.2, 0) is 32.3 Å². The molecular weight excluding hydrogens is 324 g/mol. The molecule has 0 bridgehead atoms. The van der Waals surface area contributed by atoms with Gasteiger partial charge in [0.05, 0.1) is 11.6 Å². The molecule has 0 saturated carbocycles. The molecule has 1 heterocycles. The van der Waals surface area contributed by atoms with Crippen molar-refractivity contribution < 1.29 is 16.8 Å². The van der Waals surface area contributed by atoms with Gasteiger partial charge < -0.3 is 4.57 Å². The Morgan fingerprint density at radius 2 is 1.90 bits per heavy atom. The van der Waals surface area contributed by atoms with Crippen LogP contribution in [0.3, 0.4) is 0 Å². The van der Waals surface area contributed by atoms with Crippen molar-refractivity contribution in [3.8, 4) is 0 Å². The fourth-order valence-electron chi connectivity index (χ4n) is 1.67. The SMILES string of the molecule is CCn1cc(S(=O)(=O)N(C)CCS(C)(=O)=O)cc1CCl. The number of hydrogen-bond donors (Lipinski definition) is 0. The van der Waals surface area contributed by atoms with E-state index in [0.717, 1.165) is 10.6 Å². The van der Waals surface area contributed by atoms with Crippen LogP contribution in [0, 0.1) is 0 Å². The van der Waals surface area contributed by atoms with Gasteiger partial charge in [0.15, 0.2) is 0 Å². The van der Waals surface area contributed by atoms with Crippen molar-refractivity contribution in [2.24, 2.45) is 0 Å². The fraction of sp³-hybridized carbons (Fsp3) is 0.636. The van der Waals surface area contributed by atoms with Crippen LogP contribution in [0.1, 0.15) is 12.6 Å². The first-order valence-corrected chi connectivity index (χ1v) is 10.0. The normalized spacial score (nSPS) is 13.1. The number of sulfonamides is 1. The van der Waals surface area contributed by atoms with Crippen molar-refractivity contribution in [2.45, 2.75) is 24.2 Å². The first kappa shape index (κ1) is 17.5. The molecule has 116 valence electrons. The number of alkyl halides is 1. The van der Waals surface area contributed by atoms with Gasteiger partial charge >= 0.3 is 0 Å². The second-order valence-electron chi connectivity index (χ2n) is 4.54. The monoisotopic (exact) mass is 342 g/mol. The molecule has 0 saturated heterocycles. The van der Waals surface area contributed by atoms with Crippen molar-refractivity contribution in [1.82, 2.24) is 8.87 Å². The Balaban J connectivity index is 3.01. The molecule has 0 amide bonds. The molecule has 1 aromatic heterocycles. The molecule has 0 unspecified atom stereocenters. The van der Waals surface area contributed by atoms with Crippen molar-refractivity contribution in [3.63, 3.8) is 0 Å². The van der Waals surface area contributed by atoms with Gasteiger partial charge in [0.25, 0.3) is 0 Å². The summed E-state index contributed by atoms with van der Waals surface area (Å²) in [4.78, 5) is 0.131. The van der Waals surface area contributed by atoms with Crippen LogP contribution in [0.25, 0.3) is 0 Å². The van der Waals surface area contributed by atoms with E-state index < -0.39 is 19.9 Å². The summed E-state index contributed by atoms with van der Waals surface area (Å²) in [6.07, 6.45) is 2.59. The second kappa shape index (κ2) is 6.46. The lowest BCUT2D eigenvalue weighted by Gasteiger charge is -2.15. The lowest BCUT2D eigenvalue weighted by atomic mass is 10.5. The zero-order chi connectivity index (χ0) is 15.6. The van der Waals surface area contributed by atoms with E-state index in [1.54, 1.807) is 4.57 Å². The predicted octanol–water partition coefficient (Wildman–Crippen LogP) is 0.912. The molecule has 9 heteroatoms. The zero-order valence-corrected chi connectivity index (χ0v) is 14.1. The summed E-state index contributed by atoms with van der Waals surface area (Å²) in [6.45, 7) is 2.43. The highest BCUT2D eigenvalue weighted by Gasteiger charge is 2.24. The Kier molecular flexibility index (Phi) is 5.65. The van der Waals surface area contributed by atoms with Crippen LogP contribution in [0.15, 0.2) is 17.2 Å². The molecule has 0 radical (unpaired) electrons. The smallest absolute Gasteiger partial charge is 0.244 e. The molecule has 1 rings (SSSR count). The Labute approximate surface area is 125 Å². The minimum atomic E-state index is -3.69. The van der Waals surface area contributed by atoms with Crippen LogP contribution in [0.4, 0.5) is 0 Å². The van der Waals surface area contributed by atoms with E-state index in [4.69, 9.17) is 11.6 Å². The number of hydrogen-bond acceptors (Lipinski definition) is 4. The van der Waals surface area contributed by atoms with E-state index in [1.807, 2.05) is 6.92 Å². The Morgan fingerprint density at radius 1 is 1.30 bits per heavy atom. The van der Waals surface area contributed by atoms with E-state index in [2.05, 4.69) is 0 Å². The summed E-state index contributed by atoms with van der Waals surface area (Å²) >= 11 is 5.77. The number of aryl methyl sites for hydroxylation is 1. The van der Waals surface area contributed by atoms with Crippen molar-refractivity contribution in [3.05, 3.63) is 18.0 Å². The Bertz CT molecular complexity index is 643. The quantitative estimate of drug-likeness (QED) is 0.690. The molecular formula is C11H19ClN2O4S2. The molecule has 1 aromatic rings. The van der Waals surface area contributed by atoms with Crippen LogP contribution >= 0.6 is 11.6 Å². The minimum Gasteiger partial charge on any atom is -0.349 e. The van der Waals surface area contributed by atoms with Crippen LogP contribution in [0.5, 0.6) is 0 Å². The summed E-state index contributed by atoms with van der Waals surface area (Å²) in [5.41, 5.74) is 0.712. The summed E-state index contributed by atoms with van der Waals surface area (Å²) < 4.78 is 49.7. The van der Waals surface area contributed by atoms with Crippen LogP contribution in [0.2, 0.25) is 0 Å². The third-order valence-electron chi connectivity index (χ3n) is 2.92. The number of halogens is 1. The minimum absolute atomic E-state index is 0.0747. The van der Waals surface area contributed by atoms with Gasteiger partial charge in [-0.1, -0.05) is 0 Å². The zero-order valence-electron chi connectivity index (χ0n) is 11.7. The highest BCUT2D eigenvalue weighted by molar-refractivity contribution is 7.91. The summed E-state index contributed by atoms with van der Waals surface area (Å²) in [5.74, 6) is 0.00991. The van der Waals surface area contributed by atoms with Gasteiger partial charge in [-0.2, -0.15) is 4.31 Å². The molecule has 0 spiro atoms. The van der Waals surface area contributed by atoms with Crippen LogP contribution < -0.4 is 0 Å². The largest absolute Gasteiger partial charge is 0.349 e. The number of nitrogens with zero attached hydrogens (tertiary/aromatic N) is 2. The molecule has 0 atom stereocenters. The van der Waals surface area contributed by atoms with Gasteiger partial charge in [0, 0.05) is 38.3 Å². The number of aromatic nitrogens is 1. The number of rotatable bonds is 7. The van der Waals surface area contributed by atoms with Gasteiger partial charge in [-0.3, -0.25) is 0 Å². The number of sulfone groups is 1. The van der Waals surface area contributed by atoms with Gasteiger partial charge in [0.1, 0.15) is 14.7 Å². The Morgan fingerprint density at radius 3 is 2.30 bits per heavy atom. The first-order chi connectivity index (χ1) is 9.11. The topological polar surface area (TPSA) is 76.5 Å². The average Bonchev–Trinajstić information content (AvgIpc) is 2.78. The average molecular weight is 343 g/mol. The molecule has 0 aliphatic rings. The summed E-state index contributed by atoms with van der Waals surface area (Å²) in [7, 11) is -5.53. The second-order valence-corrected chi connectivity index (χ2v) is 9.12. The highest BCUT2D eigenvalue weighted by Crippen LogP contribution is 2.19. The van der Waals surface area contributed by atoms with Crippen molar-refractivity contribution in [2.75, 3.05) is 25.6 Å². The molecule has 0 aliphatic carbocycles. The summed E-state index contributed by atoms with van der Waals surface area (Å²) in [5, 5.41) is 0. The van der Waals surface area contributed by atoms with E-state index in [-0.39, 0.29) is 23.1 Å². The maximum atomic E-state index is 12.3. The van der Waals surface area contributed by atoms with Crippen molar-refractivity contribution >= 4 is 31.5 Å². The van der Waals surface area contributed by atoms with Gasteiger partial charge in [-0.05, 0) is 13.0 Å². The van der Waals surface area contributed by atoms with E-state index in [1.165, 1.54) is 19.3 Å². The maximum Gasteiger partial charge on any atom is 0.244 e.